The second-order valence-electron chi connectivity index (χ2n) is 4.95. The summed E-state index contributed by atoms with van der Waals surface area (Å²) in [5, 5.41) is 2.55. The van der Waals surface area contributed by atoms with Gasteiger partial charge in [0.15, 0.2) is 0 Å². The van der Waals surface area contributed by atoms with Crippen LogP contribution in [0.2, 0.25) is 0 Å². The van der Waals surface area contributed by atoms with Crippen molar-refractivity contribution < 1.29 is 9.53 Å². The molecule has 1 aromatic carbocycles. The van der Waals surface area contributed by atoms with E-state index in [0.29, 0.717) is 12.3 Å². The van der Waals surface area contributed by atoms with Gasteiger partial charge in [-0.05, 0) is 39.8 Å². The Labute approximate surface area is 129 Å². The fourth-order valence-electron chi connectivity index (χ4n) is 1.08. The maximum Gasteiger partial charge on any atom is 0.407 e. The third-order valence-corrected chi connectivity index (χ3v) is 2.48. The van der Waals surface area contributed by atoms with Crippen molar-refractivity contribution in [3.8, 4) is 0 Å². The number of carbonyl (C=O) groups is 1. The summed E-state index contributed by atoms with van der Waals surface area (Å²) >= 11 is 7.30. The Kier molecular flexibility index (Phi) is 8.93. The topological polar surface area (TPSA) is 38.3 Å². The molecule has 0 saturated heterocycles. The number of ether oxygens (including phenoxy) is 1. The van der Waals surface area contributed by atoms with E-state index in [4.69, 9.17) is 4.74 Å². The van der Waals surface area contributed by atoms with Crippen LogP contribution in [0.4, 0.5) is 4.79 Å². The third-order valence-electron chi connectivity index (χ3n) is 1.76. The van der Waals surface area contributed by atoms with Crippen LogP contribution in [0.15, 0.2) is 28.7 Å². The smallest absolute Gasteiger partial charge is 0.407 e. The Morgan fingerprint density at radius 2 is 2.05 bits per heavy atom. The number of aryl methyl sites for hydroxylation is 1. The predicted octanol–water partition coefficient (Wildman–Crippen LogP) is 4.20. The number of rotatable bonds is 2. The normalized spacial score (nSPS) is 10.2. The summed E-state index contributed by atoms with van der Waals surface area (Å²) in [7, 11) is 0. The average molecular weight is 348 g/mol. The van der Waals surface area contributed by atoms with Gasteiger partial charge >= 0.3 is 6.09 Å². The lowest BCUT2D eigenvalue weighted by Gasteiger charge is -2.19. The summed E-state index contributed by atoms with van der Waals surface area (Å²) in [5.74, 6) is 0.624. The second-order valence-corrected chi connectivity index (χ2v) is 6.31. The van der Waals surface area contributed by atoms with E-state index in [2.05, 4.69) is 52.9 Å². The Hall–Kier alpha value is -0.680. The molecule has 1 N–H and O–H groups in total. The molecule has 0 bridgehead atoms. The van der Waals surface area contributed by atoms with Gasteiger partial charge in [0.1, 0.15) is 5.60 Å². The van der Waals surface area contributed by atoms with Crippen LogP contribution in [-0.2, 0) is 4.74 Å². The van der Waals surface area contributed by atoms with Gasteiger partial charge in [-0.25, -0.2) is 4.79 Å². The van der Waals surface area contributed by atoms with E-state index in [1.807, 2.05) is 32.9 Å². The van der Waals surface area contributed by atoms with Crippen LogP contribution >= 0.6 is 28.6 Å². The molecule has 0 aromatic heterocycles. The molecule has 0 atom stereocenters. The molecule has 19 heavy (non-hydrogen) atoms. The first-order valence-corrected chi connectivity index (χ1v) is 7.47. The molecule has 0 radical (unpaired) electrons. The zero-order valence-corrected chi connectivity index (χ0v) is 14.3. The average Bonchev–Trinajstić information content (AvgIpc) is 2.24. The molecule has 0 unspecified atom stereocenters. The highest BCUT2D eigenvalue weighted by molar-refractivity contribution is 9.10. The van der Waals surface area contributed by atoms with Crippen molar-refractivity contribution in [2.24, 2.45) is 0 Å². The molecule has 1 amide bonds. The number of carbonyl (C=O) groups excluding carboxylic acids is 1. The van der Waals surface area contributed by atoms with Crippen molar-refractivity contribution >= 4 is 34.7 Å². The van der Waals surface area contributed by atoms with E-state index >= 15 is 0 Å². The van der Waals surface area contributed by atoms with Gasteiger partial charge in [-0.2, -0.15) is 12.6 Å². The lowest BCUT2D eigenvalue weighted by molar-refractivity contribution is 0.0531. The molecule has 0 heterocycles. The Balaban J connectivity index is 0.000000356. The molecule has 0 aliphatic rings. The first-order chi connectivity index (χ1) is 8.74. The minimum Gasteiger partial charge on any atom is -0.444 e. The van der Waals surface area contributed by atoms with E-state index in [1.54, 1.807) is 0 Å². The van der Waals surface area contributed by atoms with Gasteiger partial charge in [0, 0.05) is 16.8 Å². The first kappa shape index (κ1) is 18.3. The molecular formula is C14H22BrNO2S. The summed E-state index contributed by atoms with van der Waals surface area (Å²) in [6.07, 6.45) is -0.383. The fourth-order valence-corrected chi connectivity index (χ4v) is 1.70. The van der Waals surface area contributed by atoms with Gasteiger partial charge in [0.05, 0.1) is 0 Å². The minimum absolute atomic E-state index is 0.383. The quantitative estimate of drug-likeness (QED) is 0.787. The van der Waals surface area contributed by atoms with Crippen LogP contribution in [0.25, 0.3) is 0 Å². The molecule has 0 spiro atoms. The van der Waals surface area contributed by atoms with Crippen LogP contribution < -0.4 is 5.32 Å². The largest absolute Gasteiger partial charge is 0.444 e. The second kappa shape index (κ2) is 9.26. The lowest BCUT2D eigenvalue weighted by Crippen LogP contribution is -2.33. The summed E-state index contributed by atoms with van der Waals surface area (Å²) in [4.78, 5) is 10.9. The molecule has 3 nitrogen and oxygen atoms in total. The van der Waals surface area contributed by atoms with Gasteiger partial charge in [-0.15, -0.1) is 0 Å². The highest BCUT2D eigenvalue weighted by atomic mass is 79.9. The van der Waals surface area contributed by atoms with Crippen molar-refractivity contribution in [3.63, 3.8) is 0 Å². The molecule has 0 fully saturated rings. The van der Waals surface area contributed by atoms with E-state index in [-0.39, 0.29) is 6.09 Å². The highest BCUT2D eigenvalue weighted by Gasteiger charge is 2.14. The van der Waals surface area contributed by atoms with Crippen molar-refractivity contribution in [1.29, 1.82) is 0 Å². The van der Waals surface area contributed by atoms with Crippen LogP contribution in [0.1, 0.15) is 26.3 Å². The summed E-state index contributed by atoms with van der Waals surface area (Å²) in [6, 6.07) is 8.21. The number of alkyl carbamates (subject to hydrolysis) is 1. The van der Waals surface area contributed by atoms with Crippen molar-refractivity contribution in [2.75, 3.05) is 12.3 Å². The maximum atomic E-state index is 10.9. The van der Waals surface area contributed by atoms with Crippen molar-refractivity contribution in [2.45, 2.75) is 33.3 Å². The number of nitrogens with one attached hydrogen (secondary N) is 1. The molecular weight excluding hydrogens is 326 g/mol. The third kappa shape index (κ3) is 12.1. The van der Waals surface area contributed by atoms with Crippen LogP contribution in [0.3, 0.4) is 0 Å². The van der Waals surface area contributed by atoms with Crippen LogP contribution in [0.5, 0.6) is 0 Å². The van der Waals surface area contributed by atoms with E-state index in [1.165, 1.54) is 5.56 Å². The fraction of sp³-hybridized carbons (Fsp3) is 0.500. The summed E-state index contributed by atoms with van der Waals surface area (Å²) < 4.78 is 6.11. The lowest BCUT2D eigenvalue weighted by atomic mass is 10.2. The minimum atomic E-state index is -0.416. The van der Waals surface area contributed by atoms with Crippen molar-refractivity contribution in [1.82, 2.24) is 5.32 Å². The monoisotopic (exact) mass is 347 g/mol. The Morgan fingerprint density at radius 1 is 1.42 bits per heavy atom. The zero-order chi connectivity index (χ0) is 14.9. The van der Waals surface area contributed by atoms with Crippen LogP contribution in [-0.4, -0.2) is 24.0 Å². The predicted molar refractivity (Wildman–Crippen MR) is 87.0 cm³/mol. The van der Waals surface area contributed by atoms with Gasteiger partial charge in [0.2, 0.25) is 0 Å². The molecule has 0 aliphatic heterocycles. The summed E-state index contributed by atoms with van der Waals surface area (Å²) in [6.45, 7) is 8.09. The van der Waals surface area contributed by atoms with Crippen LogP contribution in [0, 0.1) is 6.92 Å². The number of thiol groups is 1. The first-order valence-electron chi connectivity index (χ1n) is 6.04. The van der Waals surface area contributed by atoms with Gasteiger partial charge in [-0.1, -0.05) is 33.6 Å². The summed E-state index contributed by atoms with van der Waals surface area (Å²) in [5.41, 5.74) is 0.875. The van der Waals surface area contributed by atoms with Gasteiger partial charge in [0.25, 0.3) is 0 Å². The van der Waals surface area contributed by atoms with Crippen molar-refractivity contribution in [3.05, 3.63) is 34.3 Å². The standard InChI is InChI=1S/C7H7Br.C7H15NO2S/c1-6-3-2-4-7(8)5-6;1-7(2,3)10-6(9)8-4-5-11/h2-5H,1H3;11H,4-5H2,1-3H3,(H,8,9). The Bertz CT molecular complexity index is 374. The highest BCUT2D eigenvalue weighted by Crippen LogP contribution is 2.09. The molecule has 5 heteroatoms. The molecule has 108 valence electrons. The zero-order valence-electron chi connectivity index (χ0n) is 11.9. The Morgan fingerprint density at radius 3 is 2.42 bits per heavy atom. The van der Waals surface area contributed by atoms with E-state index < -0.39 is 5.60 Å². The number of hydrogen-bond donors (Lipinski definition) is 2. The van der Waals surface area contributed by atoms with E-state index in [0.717, 1.165) is 4.47 Å². The number of hydrogen-bond acceptors (Lipinski definition) is 3. The number of benzene rings is 1. The number of amides is 1. The van der Waals surface area contributed by atoms with E-state index in [9.17, 15) is 4.79 Å². The molecule has 0 saturated carbocycles. The van der Waals surface area contributed by atoms with Gasteiger partial charge < -0.3 is 10.1 Å². The number of halogens is 1. The maximum absolute atomic E-state index is 10.9. The van der Waals surface area contributed by atoms with Gasteiger partial charge in [-0.3, -0.25) is 0 Å². The molecule has 1 aromatic rings. The molecule has 1 rings (SSSR count). The molecule has 0 aliphatic carbocycles. The SMILES string of the molecule is CC(C)(C)OC(=O)NCCS.Cc1cccc(Br)c1.